The molecule has 2 saturated heterocycles. The number of amides is 1. The Morgan fingerprint density at radius 3 is 3.00 bits per heavy atom. The van der Waals surface area contributed by atoms with Crippen molar-refractivity contribution in [2.45, 2.75) is 51.9 Å². The summed E-state index contributed by atoms with van der Waals surface area (Å²) in [7, 11) is 0. The molecule has 0 aromatic carbocycles. The summed E-state index contributed by atoms with van der Waals surface area (Å²) in [6.07, 6.45) is 2.05. The Kier molecular flexibility index (Phi) is 4.04. The van der Waals surface area contributed by atoms with Gasteiger partial charge in [0.25, 0.3) is 5.91 Å². The molecule has 0 aliphatic carbocycles. The number of aromatic nitrogens is 1. The van der Waals surface area contributed by atoms with Gasteiger partial charge < -0.3 is 19.4 Å². The summed E-state index contributed by atoms with van der Waals surface area (Å²) in [5, 5.41) is 0. The van der Waals surface area contributed by atoms with Gasteiger partial charge in [-0.15, -0.1) is 0 Å². The fourth-order valence-corrected chi connectivity index (χ4v) is 3.60. The molecule has 5 nitrogen and oxygen atoms in total. The van der Waals surface area contributed by atoms with Gasteiger partial charge in [-0.05, 0) is 39.7 Å². The van der Waals surface area contributed by atoms with Gasteiger partial charge in [0.1, 0.15) is 12.2 Å². The molecule has 0 saturated carbocycles. The van der Waals surface area contributed by atoms with Crippen LogP contribution in [0.1, 0.15) is 41.5 Å². The smallest absolute Gasteiger partial charge is 0.256 e. The molecular weight excluding hydrogens is 268 g/mol. The van der Waals surface area contributed by atoms with Crippen molar-refractivity contribution in [3.05, 3.63) is 23.0 Å². The van der Waals surface area contributed by atoms with Gasteiger partial charge in [-0.1, -0.05) is 0 Å². The van der Waals surface area contributed by atoms with Crippen LogP contribution in [0.3, 0.4) is 0 Å². The van der Waals surface area contributed by atoms with Crippen LogP contribution in [0.5, 0.6) is 0 Å². The number of nitrogens with zero attached hydrogens (tertiary/aromatic N) is 1. The lowest BCUT2D eigenvalue weighted by Gasteiger charge is -2.32. The topological polar surface area (TPSA) is 54.6 Å². The van der Waals surface area contributed by atoms with Crippen LogP contribution in [0.15, 0.2) is 6.07 Å². The van der Waals surface area contributed by atoms with E-state index in [0.717, 1.165) is 36.4 Å². The molecule has 2 aliphatic heterocycles. The normalized spacial score (nSPS) is 28.7. The Morgan fingerprint density at radius 2 is 2.33 bits per heavy atom. The molecule has 1 N–H and O–H groups in total. The molecule has 21 heavy (non-hydrogen) atoms. The highest BCUT2D eigenvalue weighted by Gasteiger charge is 2.46. The minimum atomic E-state index is 0.00425. The van der Waals surface area contributed by atoms with E-state index in [-0.39, 0.29) is 24.2 Å². The number of rotatable bonds is 3. The highest BCUT2D eigenvalue weighted by molar-refractivity contribution is 5.96. The second kappa shape index (κ2) is 5.81. The Morgan fingerprint density at radius 1 is 1.52 bits per heavy atom. The molecular formula is C16H24N2O3. The molecule has 0 unspecified atom stereocenters. The summed E-state index contributed by atoms with van der Waals surface area (Å²) >= 11 is 0. The highest BCUT2D eigenvalue weighted by atomic mass is 16.5. The monoisotopic (exact) mass is 292 g/mol. The lowest BCUT2D eigenvalue weighted by molar-refractivity contribution is -0.0737. The van der Waals surface area contributed by atoms with Crippen molar-refractivity contribution in [3.8, 4) is 0 Å². The first-order chi connectivity index (χ1) is 10.1. The van der Waals surface area contributed by atoms with Crippen molar-refractivity contribution in [1.82, 2.24) is 9.88 Å². The molecule has 0 radical (unpaired) electrons. The Hall–Kier alpha value is -1.33. The summed E-state index contributed by atoms with van der Waals surface area (Å²) < 4.78 is 11.7. The van der Waals surface area contributed by atoms with Crippen molar-refractivity contribution in [1.29, 1.82) is 0 Å². The summed E-state index contributed by atoms with van der Waals surface area (Å²) in [5.74, 6) is 0.0968. The first-order valence-electron chi connectivity index (χ1n) is 7.82. The molecule has 1 aromatic heterocycles. The standard InChI is InChI=1S/C16H24N2O3/c1-4-20-14-9-18(13-6-5-7-21-15(13)14)16(19)12-8-10(2)17-11(12)3/h8,13-15,17H,4-7,9H2,1-3H3/t13-,14-,15+/m1/s1. The van der Waals surface area contributed by atoms with Gasteiger partial charge in [-0.3, -0.25) is 4.79 Å². The van der Waals surface area contributed by atoms with E-state index in [1.54, 1.807) is 0 Å². The lowest BCUT2D eigenvalue weighted by Crippen LogP contribution is -2.44. The van der Waals surface area contributed by atoms with Crippen molar-refractivity contribution in [2.24, 2.45) is 0 Å². The minimum Gasteiger partial charge on any atom is -0.374 e. The summed E-state index contributed by atoms with van der Waals surface area (Å²) in [6, 6.07) is 2.09. The molecule has 116 valence electrons. The number of ether oxygens (including phenoxy) is 2. The third-order valence-electron chi connectivity index (χ3n) is 4.50. The average molecular weight is 292 g/mol. The second-order valence-corrected chi connectivity index (χ2v) is 5.99. The first-order valence-corrected chi connectivity index (χ1v) is 7.82. The maximum Gasteiger partial charge on any atom is 0.256 e. The van der Waals surface area contributed by atoms with Gasteiger partial charge in [0.2, 0.25) is 0 Å². The van der Waals surface area contributed by atoms with Crippen LogP contribution in [0.4, 0.5) is 0 Å². The van der Waals surface area contributed by atoms with Crippen LogP contribution in [0, 0.1) is 13.8 Å². The summed E-state index contributed by atoms with van der Waals surface area (Å²) in [6.45, 7) is 7.97. The zero-order chi connectivity index (χ0) is 15.0. The minimum absolute atomic E-state index is 0.00425. The van der Waals surface area contributed by atoms with E-state index in [1.807, 2.05) is 31.7 Å². The zero-order valence-corrected chi connectivity index (χ0v) is 13.0. The Balaban J connectivity index is 1.83. The van der Waals surface area contributed by atoms with Crippen molar-refractivity contribution in [3.63, 3.8) is 0 Å². The van der Waals surface area contributed by atoms with Crippen LogP contribution < -0.4 is 0 Å². The van der Waals surface area contributed by atoms with Crippen LogP contribution >= 0.6 is 0 Å². The molecule has 5 heteroatoms. The maximum absolute atomic E-state index is 12.9. The molecule has 2 fully saturated rings. The highest BCUT2D eigenvalue weighted by Crippen LogP contribution is 2.32. The largest absolute Gasteiger partial charge is 0.374 e. The Bertz CT molecular complexity index is 526. The van der Waals surface area contributed by atoms with E-state index in [9.17, 15) is 4.79 Å². The molecule has 1 amide bonds. The zero-order valence-electron chi connectivity index (χ0n) is 13.0. The number of carbonyl (C=O) groups excluding carboxylic acids is 1. The predicted octanol–water partition coefficient (Wildman–Crippen LogP) is 2.04. The number of carbonyl (C=O) groups is 1. The van der Waals surface area contributed by atoms with Gasteiger partial charge in [-0.2, -0.15) is 0 Å². The van der Waals surface area contributed by atoms with Crippen LogP contribution in [0.2, 0.25) is 0 Å². The van der Waals surface area contributed by atoms with Gasteiger partial charge in [0.05, 0.1) is 18.2 Å². The Labute approximate surface area is 125 Å². The molecule has 3 rings (SSSR count). The molecule has 3 heterocycles. The van der Waals surface area contributed by atoms with Gasteiger partial charge >= 0.3 is 0 Å². The summed E-state index contributed by atoms with van der Waals surface area (Å²) in [4.78, 5) is 18.0. The second-order valence-electron chi connectivity index (χ2n) is 5.99. The van der Waals surface area contributed by atoms with Crippen molar-refractivity contribution < 1.29 is 14.3 Å². The molecule has 0 spiro atoms. The number of aryl methyl sites for hydroxylation is 2. The third kappa shape index (κ3) is 2.60. The van der Waals surface area contributed by atoms with E-state index in [4.69, 9.17) is 9.47 Å². The van der Waals surface area contributed by atoms with Crippen LogP contribution in [-0.2, 0) is 9.47 Å². The average Bonchev–Trinajstić information content (AvgIpc) is 3.00. The fourth-order valence-electron chi connectivity index (χ4n) is 3.60. The van der Waals surface area contributed by atoms with Gasteiger partial charge in [-0.25, -0.2) is 0 Å². The lowest BCUT2D eigenvalue weighted by atomic mass is 10.0. The number of H-pyrrole nitrogens is 1. The SMILES string of the molecule is CCO[C@@H]1CN(C(=O)c2cc(C)[nH]c2C)[C@@H]2CCCO[C@@H]21. The quantitative estimate of drug-likeness (QED) is 0.927. The first kappa shape index (κ1) is 14.6. The number of hydrogen-bond acceptors (Lipinski definition) is 3. The van der Waals surface area contributed by atoms with E-state index in [0.29, 0.717) is 13.2 Å². The van der Waals surface area contributed by atoms with Gasteiger partial charge in [0.15, 0.2) is 0 Å². The number of likely N-dealkylation sites (tertiary alicyclic amines) is 1. The van der Waals surface area contributed by atoms with Crippen LogP contribution in [-0.4, -0.2) is 53.8 Å². The predicted molar refractivity (Wildman–Crippen MR) is 79.5 cm³/mol. The molecule has 3 atom stereocenters. The molecule has 2 aliphatic rings. The van der Waals surface area contributed by atoms with Crippen molar-refractivity contribution in [2.75, 3.05) is 19.8 Å². The van der Waals surface area contributed by atoms with Crippen molar-refractivity contribution >= 4 is 5.91 Å². The van der Waals surface area contributed by atoms with E-state index < -0.39 is 0 Å². The molecule has 0 bridgehead atoms. The van der Waals surface area contributed by atoms with E-state index in [2.05, 4.69) is 4.98 Å². The fraction of sp³-hybridized carbons (Fsp3) is 0.688. The number of fused-ring (bicyclic) bond motifs is 1. The third-order valence-corrected chi connectivity index (χ3v) is 4.50. The summed E-state index contributed by atoms with van der Waals surface area (Å²) in [5.41, 5.74) is 2.73. The van der Waals surface area contributed by atoms with Gasteiger partial charge in [0, 0.05) is 24.6 Å². The van der Waals surface area contributed by atoms with E-state index in [1.165, 1.54) is 0 Å². The number of nitrogens with one attached hydrogen (secondary N) is 1. The number of hydrogen-bond donors (Lipinski definition) is 1. The number of aromatic amines is 1. The van der Waals surface area contributed by atoms with E-state index >= 15 is 0 Å². The molecule has 1 aromatic rings. The van der Waals surface area contributed by atoms with Crippen LogP contribution in [0.25, 0.3) is 0 Å². The maximum atomic E-state index is 12.9.